The highest BCUT2D eigenvalue weighted by atomic mass is 16.3. The van der Waals surface area contributed by atoms with E-state index in [1.165, 1.54) is 0 Å². The Morgan fingerprint density at radius 3 is 2.40 bits per heavy atom. The van der Waals surface area contributed by atoms with Crippen molar-refractivity contribution in [1.82, 2.24) is 29.4 Å². The number of fused-ring (bicyclic) bond motifs is 1. The van der Waals surface area contributed by atoms with Crippen LogP contribution in [0.25, 0.3) is 5.65 Å². The molecule has 0 aliphatic carbocycles. The Morgan fingerprint density at radius 1 is 0.929 bits per heavy atom. The molecule has 0 saturated carbocycles. The van der Waals surface area contributed by atoms with Crippen LogP contribution in [0.5, 0.6) is 0 Å². The predicted octanol–water partition coefficient (Wildman–Crippen LogP) is 4.77. The first-order valence-electron chi connectivity index (χ1n) is 14.7. The van der Waals surface area contributed by atoms with Gasteiger partial charge in [-0.05, 0) is 68.8 Å². The average molecular weight is 574 g/mol. The molecule has 224 valence electrons. The van der Waals surface area contributed by atoms with Crippen LogP contribution in [-0.2, 0) is 6.42 Å². The highest BCUT2D eigenvalue weighted by Gasteiger charge is 2.16. The fourth-order valence-electron chi connectivity index (χ4n) is 4.73. The van der Waals surface area contributed by atoms with E-state index in [4.69, 9.17) is 15.1 Å². The molecule has 0 aliphatic heterocycles. The molecule has 11 heteroatoms. The molecule has 2 aromatic heterocycles. The number of likely N-dealkylation sites (N-methyl/N-ethyl adjacent to an activating group) is 2. The SMILES string of the molecule is CCN(CC)CCN(C)C(=O)c1cccc(Nc2nc(Nc3cccc(NC)c3)nc3c(CCCCCO)cnn23)c1. The van der Waals surface area contributed by atoms with Crippen LogP contribution in [-0.4, -0.2) is 87.3 Å². The Bertz CT molecular complexity index is 1450. The van der Waals surface area contributed by atoms with Crippen LogP contribution >= 0.6 is 0 Å². The molecule has 4 aromatic rings. The van der Waals surface area contributed by atoms with E-state index in [-0.39, 0.29) is 12.5 Å². The van der Waals surface area contributed by atoms with Crippen molar-refractivity contribution in [2.75, 3.05) is 62.8 Å². The van der Waals surface area contributed by atoms with Crippen LogP contribution in [0.3, 0.4) is 0 Å². The molecular formula is C31H43N9O2. The Balaban J connectivity index is 1.61. The number of aliphatic hydroxyl groups is 1. The summed E-state index contributed by atoms with van der Waals surface area (Å²) in [6, 6.07) is 15.3. The van der Waals surface area contributed by atoms with Gasteiger partial charge in [0.05, 0.1) is 6.20 Å². The normalized spacial score (nSPS) is 11.2. The van der Waals surface area contributed by atoms with Crippen LogP contribution in [0.1, 0.15) is 49.0 Å². The molecule has 0 fully saturated rings. The molecule has 42 heavy (non-hydrogen) atoms. The minimum absolute atomic E-state index is 0.0327. The number of anilines is 5. The lowest BCUT2D eigenvalue weighted by atomic mass is 10.1. The number of nitrogens with zero attached hydrogens (tertiary/aromatic N) is 6. The molecule has 0 saturated heterocycles. The third-order valence-corrected chi connectivity index (χ3v) is 7.31. The van der Waals surface area contributed by atoms with E-state index in [9.17, 15) is 4.79 Å². The number of unbranched alkanes of at least 4 members (excludes halogenated alkanes) is 2. The maximum atomic E-state index is 13.2. The van der Waals surface area contributed by atoms with Crippen molar-refractivity contribution < 1.29 is 9.90 Å². The predicted molar refractivity (Wildman–Crippen MR) is 169 cm³/mol. The highest BCUT2D eigenvalue weighted by Crippen LogP contribution is 2.24. The summed E-state index contributed by atoms with van der Waals surface area (Å²) < 4.78 is 1.70. The minimum atomic E-state index is -0.0327. The van der Waals surface area contributed by atoms with Gasteiger partial charge < -0.3 is 30.9 Å². The fraction of sp³-hybridized carbons (Fsp3) is 0.419. The largest absolute Gasteiger partial charge is 0.396 e. The Morgan fingerprint density at radius 2 is 1.67 bits per heavy atom. The Hall–Kier alpha value is -4.22. The molecule has 4 N–H and O–H groups in total. The van der Waals surface area contributed by atoms with Crippen molar-refractivity contribution in [3.8, 4) is 0 Å². The molecule has 11 nitrogen and oxygen atoms in total. The maximum absolute atomic E-state index is 13.2. The number of carbonyl (C=O) groups excluding carboxylic acids is 1. The summed E-state index contributed by atoms with van der Waals surface area (Å²) in [5, 5.41) is 23.6. The molecule has 1 amide bonds. The van der Waals surface area contributed by atoms with Crippen molar-refractivity contribution in [3.05, 3.63) is 65.9 Å². The van der Waals surface area contributed by atoms with Gasteiger partial charge in [-0.15, -0.1) is 0 Å². The van der Waals surface area contributed by atoms with E-state index < -0.39 is 0 Å². The van der Waals surface area contributed by atoms with Crippen LogP contribution in [0, 0.1) is 0 Å². The van der Waals surface area contributed by atoms with Crippen LogP contribution < -0.4 is 16.0 Å². The monoisotopic (exact) mass is 573 g/mol. The summed E-state index contributed by atoms with van der Waals surface area (Å²) in [6.07, 6.45) is 5.24. The number of rotatable bonds is 16. The zero-order valence-corrected chi connectivity index (χ0v) is 25.1. The number of amides is 1. The lowest BCUT2D eigenvalue weighted by Crippen LogP contribution is -2.36. The molecular weight excluding hydrogens is 530 g/mol. The maximum Gasteiger partial charge on any atom is 0.253 e. The standard InChI is InChI=1S/C31H43N9O2/c1-5-39(6-2)18-17-38(4)29(42)23-13-10-15-26(20-23)35-31-37-30(34-27-16-11-14-25(21-27)32-3)36-28-24(22-33-40(28)31)12-8-7-9-19-41/h10-11,13-16,20-22,32,41H,5-9,12,17-19H2,1-4H3,(H2,34,35,36,37). The van der Waals surface area contributed by atoms with Crippen LogP contribution in [0.15, 0.2) is 54.7 Å². The molecule has 0 aliphatic rings. The summed E-state index contributed by atoms with van der Waals surface area (Å²) in [4.78, 5) is 26.8. The van der Waals surface area contributed by atoms with Crippen molar-refractivity contribution in [3.63, 3.8) is 0 Å². The van der Waals surface area contributed by atoms with E-state index in [1.807, 2.05) is 68.8 Å². The molecule has 0 atom stereocenters. The topological polar surface area (TPSA) is 123 Å². The number of nitrogens with one attached hydrogen (secondary N) is 3. The van der Waals surface area contributed by atoms with Gasteiger partial charge in [-0.1, -0.05) is 32.4 Å². The molecule has 0 spiro atoms. The van der Waals surface area contributed by atoms with Gasteiger partial charge in [-0.2, -0.15) is 19.6 Å². The van der Waals surface area contributed by atoms with Gasteiger partial charge in [-0.25, -0.2) is 0 Å². The lowest BCUT2D eigenvalue weighted by molar-refractivity contribution is 0.0780. The van der Waals surface area contributed by atoms with E-state index in [2.05, 4.69) is 39.8 Å². The van der Waals surface area contributed by atoms with E-state index >= 15 is 0 Å². The average Bonchev–Trinajstić information content (AvgIpc) is 3.42. The minimum Gasteiger partial charge on any atom is -0.396 e. The second-order valence-electron chi connectivity index (χ2n) is 10.2. The molecule has 0 radical (unpaired) electrons. The number of hydrogen-bond donors (Lipinski definition) is 4. The summed E-state index contributed by atoms with van der Waals surface area (Å²) in [7, 11) is 3.72. The molecule has 2 heterocycles. The summed E-state index contributed by atoms with van der Waals surface area (Å²) in [5.41, 5.74) is 4.84. The molecule has 0 bridgehead atoms. The lowest BCUT2D eigenvalue weighted by Gasteiger charge is -2.23. The van der Waals surface area contributed by atoms with Crippen LogP contribution in [0.4, 0.5) is 29.0 Å². The quantitative estimate of drug-likeness (QED) is 0.140. The third kappa shape index (κ3) is 7.95. The van der Waals surface area contributed by atoms with Gasteiger partial charge in [0.2, 0.25) is 11.9 Å². The van der Waals surface area contributed by atoms with E-state index in [1.54, 1.807) is 9.42 Å². The molecule has 2 aromatic carbocycles. The van der Waals surface area contributed by atoms with Gasteiger partial charge in [0.15, 0.2) is 5.65 Å². The van der Waals surface area contributed by atoms with Crippen LogP contribution in [0.2, 0.25) is 0 Å². The van der Waals surface area contributed by atoms with Crippen molar-refractivity contribution in [1.29, 1.82) is 0 Å². The smallest absolute Gasteiger partial charge is 0.253 e. The first-order chi connectivity index (χ1) is 20.4. The summed E-state index contributed by atoms with van der Waals surface area (Å²) >= 11 is 0. The van der Waals surface area contributed by atoms with E-state index in [0.29, 0.717) is 29.7 Å². The summed E-state index contributed by atoms with van der Waals surface area (Å²) in [6.45, 7) is 7.86. The number of carbonyl (C=O) groups is 1. The Labute approximate surface area is 248 Å². The fourth-order valence-corrected chi connectivity index (χ4v) is 4.73. The van der Waals surface area contributed by atoms with Gasteiger partial charge in [-0.3, -0.25) is 4.79 Å². The van der Waals surface area contributed by atoms with Crippen molar-refractivity contribution >= 4 is 40.5 Å². The highest BCUT2D eigenvalue weighted by molar-refractivity contribution is 5.95. The number of benzene rings is 2. The molecule has 4 rings (SSSR count). The first kappa shape index (κ1) is 30.7. The first-order valence-corrected chi connectivity index (χ1v) is 14.7. The van der Waals surface area contributed by atoms with Gasteiger partial charge in [0, 0.05) is 62.0 Å². The number of aliphatic hydroxyl groups excluding tert-OH is 1. The third-order valence-electron chi connectivity index (χ3n) is 7.31. The zero-order valence-electron chi connectivity index (χ0n) is 25.1. The Kier molecular flexibility index (Phi) is 11.1. The zero-order chi connectivity index (χ0) is 29.9. The van der Waals surface area contributed by atoms with Gasteiger partial charge in [0.25, 0.3) is 5.91 Å². The van der Waals surface area contributed by atoms with Crippen molar-refractivity contribution in [2.45, 2.75) is 39.5 Å². The van der Waals surface area contributed by atoms with Crippen molar-refractivity contribution in [2.24, 2.45) is 0 Å². The second kappa shape index (κ2) is 15.1. The van der Waals surface area contributed by atoms with E-state index in [0.717, 1.165) is 67.9 Å². The van der Waals surface area contributed by atoms with Gasteiger partial charge in [0.1, 0.15) is 0 Å². The molecule has 0 unspecified atom stereocenters. The summed E-state index contributed by atoms with van der Waals surface area (Å²) in [5.74, 6) is 0.877. The number of aromatic nitrogens is 4. The number of hydrogen-bond acceptors (Lipinski definition) is 9. The number of aryl methyl sites for hydroxylation is 1. The van der Waals surface area contributed by atoms with Gasteiger partial charge >= 0.3 is 0 Å². The second-order valence-corrected chi connectivity index (χ2v) is 10.2.